The summed E-state index contributed by atoms with van der Waals surface area (Å²) < 4.78 is 5.01. The molecule has 1 aliphatic rings. The Labute approximate surface area is 128 Å². The van der Waals surface area contributed by atoms with E-state index in [1.54, 1.807) is 0 Å². The third-order valence-electron chi connectivity index (χ3n) is 3.32. The molecule has 0 aromatic heterocycles. The first-order valence-corrected chi connectivity index (χ1v) is 7.40. The second-order valence-electron chi connectivity index (χ2n) is 5.07. The lowest BCUT2D eigenvalue weighted by atomic mass is 10.1. The molecule has 1 unspecified atom stereocenters. The van der Waals surface area contributed by atoms with Gasteiger partial charge in [-0.2, -0.15) is 0 Å². The van der Waals surface area contributed by atoms with Crippen molar-refractivity contribution in [2.75, 3.05) is 19.7 Å². The molecule has 1 saturated heterocycles. The minimum absolute atomic E-state index is 0.190. The molecule has 8 heteroatoms. The number of carboxylic acids is 1. The number of carbonyl (C=O) groups is 4. The number of hydrogen-bond acceptors (Lipinski definition) is 5. The Morgan fingerprint density at radius 1 is 1.36 bits per heavy atom. The fourth-order valence-corrected chi connectivity index (χ4v) is 2.12. The Bertz CT molecular complexity index is 437. The predicted octanol–water partition coefficient (Wildman–Crippen LogP) is -0.0884. The van der Waals surface area contributed by atoms with Crippen molar-refractivity contribution >= 4 is 23.8 Å². The molecule has 0 aromatic carbocycles. The summed E-state index contributed by atoms with van der Waals surface area (Å²) >= 11 is 0. The van der Waals surface area contributed by atoms with Gasteiger partial charge in [-0.3, -0.25) is 19.2 Å². The highest BCUT2D eigenvalue weighted by molar-refractivity contribution is 5.92. The number of carboxylic acid groups (broad SMARTS) is 1. The first kappa shape index (κ1) is 17.9. The molecular formula is C14H22N2O6. The molecule has 2 N–H and O–H groups in total. The van der Waals surface area contributed by atoms with E-state index in [0.29, 0.717) is 6.54 Å². The topological polar surface area (TPSA) is 113 Å². The van der Waals surface area contributed by atoms with Gasteiger partial charge < -0.3 is 20.1 Å². The van der Waals surface area contributed by atoms with Crippen molar-refractivity contribution in [3.63, 3.8) is 0 Å². The van der Waals surface area contributed by atoms with Crippen LogP contribution in [-0.2, 0) is 23.9 Å². The molecule has 0 bridgehead atoms. The van der Waals surface area contributed by atoms with E-state index in [4.69, 9.17) is 9.84 Å². The number of nitrogens with zero attached hydrogens (tertiary/aromatic N) is 1. The summed E-state index contributed by atoms with van der Waals surface area (Å²) in [5.41, 5.74) is 0. The van der Waals surface area contributed by atoms with Gasteiger partial charge in [-0.05, 0) is 6.42 Å². The first-order chi connectivity index (χ1) is 10.5. The lowest BCUT2D eigenvalue weighted by Crippen LogP contribution is -2.57. The number of amides is 2. The molecule has 0 aromatic rings. The Balaban J connectivity index is 2.60. The highest BCUT2D eigenvalue weighted by Crippen LogP contribution is 2.12. The van der Waals surface area contributed by atoms with Crippen LogP contribution in [0.2, 0.25) is 0 Å². The number of piperazine rings is 1. The second kappa shape index (κ2) is 9.01. The number of esters is 1. The molecule has 0 saturated carbocycles. The van der Waals surface area contributed by atoms with Gasteiger partial charge >= 0.3 is 11.9 Å². The number of carbonyl (C=O) groups excluding carboxylic acids is 3. The van der Waals surface area contributed by atoms with Crippen molar-refractivity contribution < 1.29 is 29.0 Å². The van der Waals surface area contributed by atoms with E-state index in [0.717, 1.165) is 12.8 Å². The minimum atomic E-state index is -1.08. The standard InChI is InChI=1S/C14H22N2O6/c1-2-3-8-22-13(20)9-10-14(21)15-6-7-16(10)11(17)4-5-12(18)19/h10H,2-9H2,1H3,(H,15,21)(H,18,19). The van der Waals surface area contributed by atoms with E-state index in [2.05, 4.69) is 5.32 Å². The predicted molar refractivity (Wildman–Crippen MR) is 75.9 cm³/mol. The molecule has 8 nitrogen and oxygen atoms in total. The zero-order chi connectivity index (χ0) is 16.5. The van der Waals surface area contributed by atoms with Crippen LogP contribution in [0.5, 0.6) is 0 Å². The van der Waals surface area contributed by atoms with Gasteiger partial charge in [0.05, 0.1) is 19.4 Å². The van der Waals surface area contributed by atoms with Crippen LogP contribution in [0.3, 0.4) is 0 Å². The van der Waals surface area contributed by atoms with Gasteiger partial charge in [0.2, 0.25) is 11.8 Å². The maximum Gasteiger partial charge on any atom is 0.308 e. The maximum absolute atomic E-state index is 12.0. The van der Waals surface area contributed by atoms with E-state index in [-0.39, 0.29) is 32.4 Å². The number of rotatable bonds is 8. The third kappa shape index (κ3) is 5.71. The lowest BCUT2D eigenvalue weighted by Gasteiger charge is -2.34. The van der Waals surface area contributed by atoms with Gasteiger partial charge in [-0.1, -0.05) is 13.3 Å². The van der Waals surface area contributed by atoms with E-state index >= 15 is 0 Å². The molecule has 1 aliphatic heterocycles. The highest BCUT2D eigenvalue weighted by atomic mass is 16.5. The average molecular weight is 314 g/mol. The Kier molecular flexibility index (Phi) is 7.34. The lowest BCUT2D eigenvalue weighted by molar-refractivity contribution is -0.152. The largest absolute Gasteiger partial charge is 0.481 e. The van der Waals surface area contributed by atoms with Crippen molar-refractivity contribution in [1.29, 1.82) is 0 Å². The van der Waals surface area contributed by atoms with Gasteiger partial charge in [0, 0.05) is 19.5 Å². The van der Waals surface area contributed by atoms with Crippen LogP contribution in [-0.4, -0.2) is 59.5 Å². The van der Waals surface area contributed by atoms with Crippen LogP contribution in [0, 0.1) is 0 Å². The second-order valence-corrected chi connectivity index (χ2v) is 5.07. The molecule has 0 aliphatic carbocycles. The van der Waals surface area contributed by atoms with Gasteiger partial charge in [-0.15, -0.1) is 0 Å². The number of ether oxygens (including phenoxy) is 1. The quantitative estimate of drug-likeness (QED) is 0.478. The Hall–Kier alpha value is -2.12. The van der Waals surface area contributed by atoms with Crippen LogP contribution in [0.25, 0.3) is 0 Å². The number of aliphatic carboxylic acids is 1. The summed E-state index contributed by atoms with van der Waals surface area (Å²) in [6.07, 6.45) is 0.920. The van der Waals surface area contributed by atoms with Gasteiger partial charge in [-0.25, -0.2) is 0 Å². The third-order valence-corrected chi connectivity index (χ3v) is 3.32. The van der Waals surface area contributed by atoms with E-state index in [1.165, 1.54) is 4.90 Å². The molecule has 1 heterocycles. The van der Waals surface area contributed by atoms with Crippen LogP contribution in [0.15, 0.2) is 0 Å². The summed E-state index contributed by atoms with van der Waals surface area (Å²) in [6.45, 7) is 2.80. The first-order valence-electron chi connectivity index (χ1n) is 7.40. The van der Waals surface area contributed by atoms with Crippen molar-refractivity contribution in [1.82, 2.24) is 10.2 Å². The fraction of sp³-hybridized carbons (Fsp3) is 0.714. The maximum atomic E-state index is 12.0. The van der Waals surface area contributed by atoms with Crippen LogP contribution in [0.4, 0.5) is 0 Å². The monoisotopic (exact) mass is 314 g/mol. The van der Waals surface area contributed by atoms with Gasteiger partial charge in [0.1, 0.15) is 6.04 Å². The molecule has 124 valence electrons. The van der Waals surface area contributed by atoms with E-state index in [9.17, 15) is 19.2 Å². The van der Waals surface area contributed by atoms with Crippen molar-refractivity contribution in [3.05, 3.63) is 0 Å². The highest BCUT2D eigenvalue weighted by Gasteiger charge is 2.34. The molecule has 0 spiro atoms. The molecule has 0 radical (unpaired) electrons. The normalized spacial score (nSPS) is 17.8. The number of unbranched alkanes of at least 4 members (excludes halogenated alkanes) is 1. The number of nitrogens with one attached hydrogen (secondary N) is 1. The fourth-order valence-electron chi connectivity index (χ4n) is 2.12. The molecule has 1 rings (SSSR count). The Morgan fingerprint density at radius 2 is 2.09 bits per heavy atom. The zero-order valence-corrected chi connectivity index (χ0v) is 12.7. The summed E-state index contributed by atoms with van der Waals surface area (Å²) in [6, 6.07) is -0.927. The van der Waals surface area contributed by atoms with Crippen LogP contribution < -0.4 is 5.32 Å². The van der Waals surface area contributed by atoms with Crippen molar-refractivity contribution in [2.45, 2.75) is 45.1 Å². The van der Waals surface area contributed by atoms with Gasteiger partial charge in [0.15, 0.2) is 0 Å². The minimum Gasteiger partial charge on any atom is -0.481 e. The molecule has 2 amide bonds. The average Bonchev–Trinajstić information content (AvgIpc) is 2.47. The molecule has 22 heavy (non-hydrogen) atoms. The Morgan fingerprint density at radius 3 is 2.73 bits per heavy atom. The van der Waals surface area contributed by atoms with Crippen LogP contribution >= 0.6 is 0 Å². The smallest absolute Gasteiger partial charge is 0.308 e. The molecule has 1 atom stereocenters. The zero-order valence-electron chi connectivity index (χ0n) is 12.7. The van der Waals surface area contributed by atoms with E-state index in [1.807, 2.05) is 6.92 Å². The SMILES string of the molecule is CCCCOC(=O)CC1C(=O)NCCN1C(=O)CCC(=O)O. The van der Waals surface area contributed by atoms with Gasteiger partial charge in [0.25, 0.3) is 0 Å². The van der Waals surface area contributed by atoms with E-state index < -0.39 is 29.8 Å². The summed E-state index contributed by atoms with van der Waals surface area (Å²) in [5, 5.41) is 11.2. The summed E-state index contributed by atoms with van der Waals surface area (Å²) in [7, 11) is 0. The van der Waals surface area contributed by atoms with Crippen molar-refractivity contribution in [3.8, 4) is 0 Å². The molecule has 1 fully saturated rings. The molecular weight excluding hydrogens is 292 g/mol. The summed E-state index contributed by atoms with van der Waals surface area (Å²) in [5.74, 6) is -2.47. The van der Waals surface area contributed by atoms with Crippen LogP contribution in [0.1, 0.15) is 39.0 Å². The summed E-state index contributed by atoms with van der Waals surface area (Å²) in [4.78, 5) is 47.4. The van der Waals surface area contributed by atoms with Crippen molar-refractivity contribution in [2.24, 2.45) is 0 Å². The number of hydrogen-bond donors (Lipinski definition) is 2.